The molecule has 0 aromatic heterocycles. The Balaban J connectivity index is 0.000000461. The normalized spacial score (nSPS) is 20.9. The van der Waals surface area contributed by atoms with Crippen molar-refractivity contribution in [3.8, 4) is 0 Å². The van der Waals surface area contributed by atoms with Crippen LogP contribution in [0.2, 0.25) is 0 Å². The van der Waals surface area contributed by atoms with E-state index in [4.69, 9.17) is 0 Å². The van der Waals surface area contributed by atoms with Gasteiger partial charge in [0.05, 0.1) is 0 Å². The molecule has 1 N–H and O–H groups in total. The second kappa shape index (κ2) is 6.10. The van der Waals surface area contributed by atoms with Gasteiger partial charge in [0.15, 0.2) is 0 Å². The molecule has 0 bridgehead atoms. The van der Waals surface area contributed by atoms with Crippen molar-refractivity contribution in [1.29, 1.82) is 0 Å². The van der Waals surface area contributed by atoms with Gasteiger partial charge in [-0.15, -0.1) is 0 Å². The van der Waals surface area contributed by atoms with Crippen LogP contribution in [0.5, 0.6) is 0 Å². The molecule has 2 saturated carbocycles. The lowest BCUT2D eigenvalue weighted by Crippen LogP contribution is -2.29. The largest absolute Gasteiger partial charge is 0.386 e. The fourth-order valence-electron chi connectivity index (χ4n) is 2.09. The van der Waals surface area contributed by atoms with Crippen molar-refractivity contribution in [2.24, 2.45) is 0 Å². The zero-order valence-electron chi connectivity index (χ0n) is 10.0. The highest BCUT2D eigenvalue weighted by Crippen LogP contribution is 2.31. The first kappa shape index (κ1) is 11.6. The van der Waals surface area contributed by atoms with E-state index in [0.717, 1.165) is 6.04 Å². The van der Waals surface area contributed by atoms with Gasteiger partial charge in [-0.3, -0.25) is 0 Å². The van der Waals surface area contributed by atoms with Gasteiger partial charge >= 0.3 is 0 Å². The van der Waals surface area contributed by atoms with Crippen molar-refractivity contribution < 1.29 is 0 Å². The molecule has 1 heteroatoms. The highest BCUT2D eigenvalue weighted by Gasteiger charge is 2.18. The molecule has 0 aliphatic heterocycles. The summed E-state index contributed by atoms with van der Waals surface area (Å²) < 4.78 is 0. The van der Waals surface area contributed by atoms with Crippen molar-refractivity contribution in [2.75, 3.05) is 0 Å². The maximum Gasteiger partial charge on any atom is 0.0258 e. The van der Waals surface area contributed by atoms with Gasteiger partial charge in [-0.25, -0.2) is 0 Å². The Labute approximate surface area is 89.0 Å². The van der Waals surface area contributed by atoms with E-state index in [1.54, 1.807) is 5.57 Å². The summed E-state index contributed by atoms with van der Waals surface area (Å²) in [5, 5.41) is 3.66. The molecule has 1 nitrogen and oxygen atoms in total. The molecule has 2 aliphatic carbocycles. The van der Waals surface area contributed by atoms with Crippen LogP contribution >= 0.6 is 0 Å². The third-order valence-corrected chi connectivity index (χ3v) is 3.06. The average Bonchev–Trinajstić information content (AvgIpc) is 3.05. The Bertz CT molecular complexity index is 181. The van der Waals surface area contributed by atoms with Gasteiger partial charge in [-0.05, 0) is 32.6 Å². The standard InChI is InChI=1S/C11H19N.C2H6/c1-9(10-7-8-10)12-11-5-3-2-4-6-11;1-2/h11-12H,2-8H2,1H3;1-2H3. The summed E-state index contributed by atoms with van der Waals surface area (Å²) in [6, 6.07) is 0.798. The van der Waals surface area contributed by atoms with Gasteiger partial charge in [0.2, 0.25) is 0 Å². The summed E-state index contributed by atoms with van der Waals surface area (Å²) in [6.07, 6.45) is 9.81. The minimum absolute atomic E-state index is 0.798. The molecule has 2 fully saturated rings. The minimum Gasteiger partial charge on any atom is -0.386 e. The highest BCUT2D eigenvalue weighted by molar-refractivity contribution is 5.22. The van der Waals surface area contributed by atoms with E-state index in [0.29, 0.717) is 0 Å². The van der Waals surface area contributed by atoms with Crippen molar-refractivity contribution in [1.82, 2.24) is 5.32 Å². The first-order valence-corrected chi connectivity index (χ1v) is 6.31. The number of hydrogen-bond acceptors (Lipinski definition) is 1. The predicted molar refractivity (Wildman–Crippen MR) is 63.3 cm³/mol. The van der Waals surface area contributed by atoms with Crippen LogP contribution in [0.15, 0.2) is 11.3 Å². The quantitative estimate of drug-likeness (QED) is 0.702. The lowest BCUT2D eigenvalue weighted by Gasteiger charge is -2.24. The molecule has 82 valence electrons. The summed E-state index contributed by atoms with van der Waals surface area (Å²) >= 11 is 0. The Morgan fingerprint density at radius 3 is 2.14 bits per heavy atom. The van der Waals surface area contributed by atoms with E-state index in [2.05, 4.69) is 12.2 Å². The topological polar surface area (TPSA) is 12.0 Å². The number of nitrogens with one attached hydrogen (secondary N) is 1. The van der Waals surface area contributed by atoms with Crippen LogP contribution in [0.1, 0.15) is 65.7 Å². The maximum absolute atomic E-state index is 3.66. The smallest absolute Gasteiger partial charge is 0.0258 e. The van der Waals surface area contributed by atoms with Crippen LogP contribution in [0, 0.1) is 0 Å². The van der Waals surface area contributed by atoms with Crippen LogP contribution in [-0.4, -0.2) is 6.04 Å². The Kier molecular flexibility index (Phi) is 5.06. The minimum atomic E-state index is 0.798. The molecule has 2 rings (SSSR count). The zero-order valence-corrected chi connectivity index (χ0v) is 10.0. The van der Waals surface area contributed by atoms with Crippen LogP contribution in [0.25, 0.3) is 0 Å². The van der Waals surface area contributed by atoms with E-state index in [1.165, 1.54) is 50.6 Å². The molecule has 0 amide bonds. The summed E-state index contributed by atoms with van der Waals surface area (Å²) in [7, 11) is 0. The number of allylic oxidation sites excluding steroid dienone is 2. The number of hydrogen-bond donors (Lipinski definition) is 1. The molecule has 0 heterocycles. The van der Waals surface area contributed by atoms with Gasteiger partial charge in [-0.2, -0.15) is 0 Å². The van der Waals surface area contributed by atoms with Crippen LogP contribution in [0.3, 0.4) is 0 Å². The fourth-order valence-corrected chi connectivity index (χ4v) is 2.09. The van der Waals surface area contributed by atoms with Gasteiger partial charge in [0.1, 0.15) is 0 Å². The van der Waals surface area contributed by atoms with Gasteiger partial charge < -0.3 is 5.32 Å². The van der Waals surface area contributed by atoms with Crippen LogP contribution < -0.4 is 5.32 Å². The van der Waals surface area contributed by atoms with Gasteiger partial charge in [-0.1, -0.05) is 38.7 Å². The van der Waals surface area contributed by atoms with Crippen molar-refractivity contribution in [2.45, 2.75) is 71.8 Å². The van der Waals surface area contributed by atoms with E-state index >= 15 is 0 Å². The molecular weight excluding hydrogens is 170 g/mol. The molecule has 0 saturated heterocycles. The SMILES string of the molecule is CC.CC(NC1CCCCC1)=C1CC1. The molecule has 14 heavy (non-hydrogen) atoms. The van der Waals surface area contributed by atoms with Crippen LogP contribution in [0.4, 0.5) is 0 Å². The van der Waals surface area contributed by atoms with Gasteiger partial charge in [0, 0.05) is 11.7 Å². The molecule has 0 aromatic rings. The molecule has 0 radical (unpaired) electrons. The van der Waals surface area contributed by atoms with Gasteiger partial charge in [0.25, 0.3) is 0 Å². The Morgan fingerprint density at radius 1 is 1.07 bits per heavy atom. The third kappa shape index (κ3) is 3.73. The molecule has 0 spiro atoms. The third-order valence-electron chi connectivity index (χ3n) is 3.06. The van der Waals surface area contributed by atoms with Crippen molar-refractivity contribution in [3.63, 3.8) is 0 Å². The maximum atomic E-state index is 3.66. The Hall–Kier alpha value is -0.460. The summed E-state index contributed by atoms with van der Waals surface area (Å²) in [4.78, 5) is 0. The predicted octanol–water partition coefficient (Wildman–Crippen LogP) is 4.00. The molecule has 0 atom stereocenters. The first-order valence-electron chi connectivity index (χ1n) is 6.31. The zero-order chi connectivity index (χ0) is 10.4. The van der Waals surface area contributed by atoms with Crippen molar-refractivity contribution >= 4 is 0 Å². The molecule has 2 aliphatic rings. The number of rotatable bonds is 2. The second-order valence-electron chi connectivity index (χ2n) is 4.21. The second-order valence-corrected chi connectivity index (χ2v) is 4.21. The summed E-state index contributed by atoms with van der Waals surface area (Å²) in [6.45, 7) is 6.25. The molecular formula is C13H25N. The van der Waals surface area contributed by atoms with E-state index in [1.807, 2.05) is 13.8 Å². The lowest BCUT2D eigenvalue weighted by molar-refractivity contribution is 0.396. The average molecular weight is 195 g/mol. The highest BCUT2D eigenvalue weighted by atomic mass is 14.9. The summed E-state index contributed by atoms with van der Waals surface area (Å²) in [5.41, 5.74) is 3.16. The molecule has 0 unspecified atom stereocenters. The van der Waals surface area contributed by atoms with Crippen LogP contribution in [-0.2, 0) is 0 Å². The summed E-state index contributed by atoms with van der Waals surface area (Å²) in [5.74, 6) is 0. The van der Waals surface area contributed by atoms with E-state index in [9.17, 15) is 0 Å². The van der Waals surface area contributed by atoms with E-state index < -0.39 is 0 Å². The van der Waals surface area contributed by atoms with E-state index in [-0.39, 0.29) is 0 Å². The molecule has 0 aromatic carbocycles. The first-order chi connectivity index (χ1) is 6.86. The monoisotopic (exact) mass is 195 g/mol. The lowest BCUT2D eigenvalue weighted by atomic mass is 9.95. The fraction of sp³-hybridized carbons (Fsp3) is 0.846. The Morgan fingerprint density at radius 2 is 1.64 bits per heavy atom. The van der Waals surface area contributed by atoms with Crippen molar-refractivity contribution in [3.05, 3.63) is 11.3 Å².